The second-order valence-corrected chi connectivity index (χ2v) is 7.25. The third-order valence-corrected chi connectivity index (χ3v) is 5.58. The van der Waals surface area contributed by atoms with E-state index in [4.69, 9.17) is 10.4 Å². The molecule has 1 aliphatic heterocycles. The molecule has 2 heterocycles. The number of benzene rings is 1. The molecule has 1 N–H and O–H groups in total. The fourth-order valence-electron chi connectivity index (χ4n) is 2.58. The molecule has 0 spiro atoms. The van der Waals surface area contributed by atoms with Crippen molar-refractivity contribution in [1.82, 2.24) is 4.98 Å². The lowest BCUT2D eigenvalue weighted by atomic mass is 10.1. The van der Waals surface area contributed by atoms with Gasteiger partial charge in [0.05, 0.1) is 16.5 Å². The van der Waals surface area contributed by atoms with Crippen LogP contribution in [0.4, 0.5) is 5.82 Å². The smallest absolute Gasteiger partial charge is 0.328 e. The molecule has 0 amide bonds. The first-order valence-electron chi connectivity index (χ1n) is 7.34. The minimum atomic E-state index is -3.77. The van der Waals surface area contributed by atoms with Crippen LogP contribution in [0.2, 0.25) is 0 Å². The molecule has 126 valence electrons. The van der Waals surface area contributed by atoms with E-state index in [2.05, 4.69) is 4.98 Å². The highest BCUT2D eigenvalue weighted by molar-refractivity contribution is 7.92. The maximum Gasteiger partial charge on any atom is 0.328 e. The molecule has 0 atom stereocenters. The lowest BCUT2D eigenvalue weighted by molar-refractivity contribution is -0.131. The summed E-state index contributed by atoms with van der Waals surface area (Å²) in [6.45, 7) is 0.261. The van der Waals surface area contributed by atoms with Gasteiger partial charge in [0, 0.05) is 18.8 Å². The van der Waals surface area contributed by atoms with Gasteiger partial charge in [0.1, 0.15) is 5.82 Å². The van der Waals surface area contributed by atoms with Gasteiger partial charge >= 0.3 is 5.97 Å². The van der Waals surface area contributed by atoms with Gasteiger partial charge < -0.3 is 5.11 Å². The molecule has 7 nitrogen and oxygen atoms in total. The van der Waals surface area contributed by atoms with E-state index in [0.29, 0.717) is 23.4 Å². The first-order chi connectivity index (χ1) is 11.9. The molecule has 0 saturated carbocycles. The zero-order valence-corrected chi connectivity index (χ0v) is 13.8. The van der Waals surface area contributed by atoms with E-state index in [1.807, 2.05) is 6.07 Å². The van der Waals surface area contributed by atoms with Crippen molar-refractivity contribution in [3.63, 3.8) is 0 Å². The van der Waals surface area contributed by atoms with E-state index in [9.17, 15) is 13.2 Å². The molecule has 3 rings (SSSR count). The van der Waals surface area contributed by atoms with Crippen molar-refractivity contribution in [2.75, 3.05) is 10.8 Å². The van der Waals surface area contributed by atoms with E-state index >= 15 is 0 Å². The van der Waals surface area contributed by atoms with Crippen LogP contribution in [0, 0.1) is 11.3 Å². The molecule has 1 aliphatic rings. The van der Waals surface area contributed by atoms with Crippen LogP contribution in [-0.4, -0.2) is 31.0 Å². The predicted molar refractivity (Wildman–Crippen MR) is 90.3 cm³/mol. The molecule has 1 aromatic heterocycles. The number of aliphatic carboxylic acids is 1. The molecule has 8 heteroatoms. The summed E-state index contributed by atoms with van der Waals surface area (Å²) in [4.78, 5) is 14.9. The van der Waals surface area contributed by atoms with Crippen molar-refractivity contribution in [3.8, 4) is 6.07 Å². The lowest BCUT2D eigenvalue weighted by Crippen LogP contribution is -2.29. The molecule has 1 aromatic carbocycles. The summed E-state index contributed by atoms with van der Waals surface area (Å²) in [6.07, 6.45) is 4.34. The number of carbonyl (C=O) groups is 1. The molecule has 0 bridgehead atoms. The number of carboxylic acid groups (broad SMARTS) is 1. The summed E-state index contributed by atoms with van der Waals surface area (Å²) in [5.41, 5.74) is 1.72. The van der Waals surface area contributed by atoms with Crippen molar-refractivity contribution in [3.05, 3.63) is 59.3 Å². The number of carboxylic acids is 1. The van der Waals surface area contributed by atoms with Crippen LogP contribution >= 0.6 is 0 Å². The van der Waals surface area contributed by atoms with E-state index in [0.717, 1.165) is 11.6 Å². The molecule has 25 heavy (non-hydrogen) atoms. The Morgan fingerprint density at radius 2 is 2.04 bits per heavy atom. The molecule has 0 saturated heterocycles. The second kappa shape index (κ2) is 6.37. The first-order valence-corrected chi connectivity index (χ1v) is 8.78. The van der Waals surface area contributed by atoms with Crippen LogP contribution in [0.1, 0.15) is 16.7 Å². The summed E-state index contributed by atoms with van der Waals surface area (Å²) in [5, 5.41) is 17.5. The zero-order valence-electron chi connectivity index (χ0n) is 13.0. The number of hydrogen-bond acceptors (Lipinski definition) is 5. The van der Waals surface area contributed by atoms with Crippen molar-refractivity contribution in [2.45, 2.75) is 11.3 Å². The number of sulfonamides is 1. The van der Waals surface area contributed by atoms with E-state index in [-0.39, 0.29) is 11.4 Å². The monoisotopic (exact) mass is 355 g/mol. The van der Waals surface area contributed by atoms with Gasteiger partial charge in [0.15, 0.2) is 0 Å². The summed E-state index contributed by atoms with van der Waals surface area (Å²) < 4.78 is 26.8. The first kappa shape index (κ1) is 16.7. The minimum absolute atomic E-state index is 0.0935. The summed E-state index contributed by atoms with van der Waals surface area (Å²) in [6, 6.07) is 9.39. The van der Waals surface area contributed by atoms with E-state index in [1.165, 1.54) is 40.8 Å². The van der Waals surface area contributed by atoms with Crippen molar-refractivity contribution < 1.29 is 18.3 Å². The Morgan fingerprint density at radius 3 is 2.68 bits per heavy atom. The van der Waals surface area contributed by atoms with E-state index < -0.39 is 16.0 Å². The molecule has 2 aromatic rings. The van der Waals surface area contributed by atoms with Gasteiger partial charge in [0.2, 0.25) is 0 Å². The van der Waals surface area contributed by atoms with Crippen LogP contribution in [0.5, 0.6) is 0 Å². The second-order valence-electron chi connectivity index (χ2n) is 5.39. The number of pyridine rings is 1. The number of anilines is 1. The third-order valence-electron chi connectivity index (χ3n) is 3.77. The molecular formula is C17H13N3O4S. The number of hydrogen-bond donors (Lipinski definition) is 1. The highest BCUT2D eigenvalue weighted by atomic mass is 32.2. The Balaban J connectivity index is 1.93. The van der Waals surface area contributed by atoms with Crippen molar-refractivity contribution >= 4 is 27.9 Å². The van der Waals surface area contributed by atoms with Crippen LogP contribution in [0.15, 0.2) is 47.5 Å². The Kier molecular flexibility index (Phi) is 4.25. The number of rotatable bonds is 4. The zero-order chi connectivity index (χ0) is 18.0. The SMILES string of the molecule is N#Cc1ccc(S(=O)(=O)N2CCc3cc(C=CC(=O)O)cnc32)cc1. The molecule has 0 radical (unpaired) electrons. The lowest BCUT2D eigenvalue weighted by Gasteiger charge is -2.18. The number of fused-ring (bicyclic) bond motifs is 1. The van der Waals surface area contributed by atoms with Crippen LogP contribution < -0.4 is 4.31 Å². The van der Waals surface area contributed by atoms with Gasteiger partial charge in [-0.05, 0) is 54.0 Å². The molecule has 0 unspecified atom stereocenters. The van der Waals surface area contributed by atoms with Gasteiger partial charge in [0.25, 0.3) is 10.0 Å². The Labute approximate surface area is 144 Å². The summed E-state index contributed by atoms with van der Waals surface area (Å²) in [7, 11) is -3.77. The summed E-state index contributed by atoms with van der Waals surface area (Å²) >= 11 is 0. The minimum Gasteiger partial charge on any atom is -0.478 e. The third kappa shape index (κ3) is 3.22. The van der Waals surface area contributed by atoms with Crippen molar-refractivity contribution in [1.29, 1.82) is 5.26 Å². The van der Waals surface area contributed by atoms with E-state index in [1.54, 1.807) is 6.07 Å². The molecular weight excluding hydrogens is 342 g/mol. The normalized spacial score (nSPS) is 13.6. The predicted octanol–water partition coefficient (Wildman–Crippen LogP) is 1.80. The van der Waals surface area contributed by atoms with Gasteiger partial charge in [-0.1, -0.05) is 0 Å². The number of nitrogens with zero attached hydrogens (tertiary/aromatic N) is 3. The maximum atomic E-state index is 12.8. The maximum absolute atomic E-state index is 12.8. The Bertz CT molecular complexity index is 1010. The highest BCUT2D eigenvalue weighted by Crippen LogP contribution is 2.31. The Morgan fingerprint density at radius 1 is 1.32 bits per heavy atom. The highest BCUT2D eigenvalue weighted by Gasteiger charge is 2.32. The van der Waals surface area contributed by atoms with Gasteiger partial charge in [-0.15, -0.1) is 0 Å². The largest absolute Gasteiger partial charge is 0.478 e. The van der Waals surface area contributed by atoms with Crippen LogP contribution in [0.25, 0.3) is 6.08 Å². The van der Waals surface area contributed by atoms with Crippen LogP contribution in [-0.2, 0) is 21.2 Å². The quantitative estimate of drug-likeness (QED) is 0.837. The number of aromatic nitrogens is 1. The van der Waals surface area contributed by atoms with Gasteiger partial charge in [-0.3, -0.25) is 0 Å². The standard InChI is InChI=1S/C17H13N3O4S/c18-10-12-1-4-15(5-2-12)25(23,24)20-8-7-14-9-13(3-6-16(21)22)11-19-17(14)20/h1-6,9,11H,7-8H2,(H,21,22). The summed E-state index contributed by atoms with van der Waals surface area (Å²) in [5.74, 6) is -0.720. The number of nitriles is 1. The fourth-order valence-corrected chi connectivity index (χ4v) is 4.04. The fraction of sp³-hybridized carbons (Fsp3) is 0.118. The van der Waals surface area contributed by atoms with Gasteiger partial charge in [-0.25, -0.2) is 22.5 Å². The van der Waals surface area contributed by atoms with Crippen LogP contribution in [0.3, 0.4) is 0 Å². The average molecular weight is 355 g/mol. The molecule has 0 aliphatic carbocycles. The Hall–Kier alpha value is -3.18. The van der Waals surface area contributed by atoms with Gasteiger partial charge in [-0.2, -0.15) is 5.26 Å². The molecule has 0 fully saturated rings. The topological polar surface area (TPSA) is 111 Å². The van der Waals surface area contributed by atoms with Crippen molar-refractivity contribution in [2.24, 2.45) is 0 Å². The average Bonchev–Trinajstić information content (AvgIpc) is 3.04.